The Morgan fingerprint density at radius 3 is 2.94 bits per heavy atom. The lowest BCUT2D eigenvalue weighted by Crippen LogP contribution is -2.11. The van der Waals surface area contributed by atoms with Crippen LogP contribution < -0.4 is 5.73 Å². The van der Waals surface area contributed by atoms with Crippen LogP contribution in [0.2, 0.25) is 0 Å². The number of nitrogens with two attached hydrogens (primary N) is 1. The molecular weight excluding hydrogens is 208 g/mol. The standard InChI is InChI=1S/C9H12N6O/c1-16-6-3-7-12-8(10)14-9(13-7)15-5-2-4-11-15/h2,4-5H,3,6H2,1H3,(H2,10,12,13,14). The fraction of sp³-hybridized carbons (Fsp3) is 0.333. The Labute approximate surface area is 92.3 Å². The van der Waals surface area contributed by atoms with E-state index >= 15 is 0 Å². The first-order valence-electron chi connectivity index (χ1n) is 4.79. The van der Waals surface area contributed by atoms with Gasteiger partial charge < -0.3 is 10.5 Å². The van der Waals surface area contributed by atoms with Crippen LogP contribution in [0.25, 0.3) is 5.95 Å². The molecule has 0 unspecified atom stereocenters. The molecule has 2 N–H and O–H groups in total. The number of ether oxygens (including phenoxy) is 1. The molecule has 0 aliphatic rings. The van der Waals surface area contributed by atoms with Gasteiger partial charge in [-0.25, -0.2) is 4.68 Å². The third-order valence-electron chi connectivity index (χ3n) is 1.93. The SMILES string of the molecule is COCCc1nc(N)nc(-n2cccn2)n1. The van der Waals surface area contributed by atoms with E-state index in [-0.39, 0.29) is 5.95 Å². The second-order valence-corrected chi connectivity index (χ2v) is 3.10. The highest BCUT2D eigenvalue weighted by Crippen LogP contribution is 2.03. The van der Waals surface area contributed by atoms with Gasteiger partial charge in [0.15, 0.2) is 0 Å². The number of nitrogens with zero attached hydrogens (tertiary/aromatic N) is 5. The van der Waals surface area contributed by atoms with Gasteiger partial charge in [0.2, 0.25) is 5.95 Å². The number of aromatic nitrogens is 5. The quantitative estimate of drug-likeness (QED) is 0.769. The van der Waals surface area contributed by atoms with E-state index in [1.165, 1.54) is 4.68 Å². The minimum Gasteiger partial charge on any atom is -0.384 e. The monoisotopic (exact) mass is 220 g/mol. The van der Waals surface area contributed by atoms with Crippen molar-refractivity contribution < 1.29 is 4.74 Å². The Morgan fingerprint density at radius 1 is 1.38 bits per heavy atom. The molecule has 0 saturated heterocycles. The molecule has 2 aromatic rings. The summed E-state index contributed by atoms with van der Waals surface area (Å²) < 4.78 is 6.49. The van der Waals surface area contributed by atoms with Crippen molar-refractivity contribution in [3.05, 3.63) is 24.3 Å². The van der Waals surface area contributed by atoms with Crippen molar-refractivity contribution in [3.63, 3.8) is 0 Å². The first kappa shape index (κ1) is 10.5. The van der Waals surface area contributed by atoms with Gasteiger partial charge in [0, 0.05) is 25.9 Å². The number of anilines is 1. The average molecular weight is 220 g/mol. The molecule has 0 aliphatic carbocycles. The van der Waals surface area contributed by atoms with Crippen LogP contribution in [0, 0.1) is 0 Å². The normalized spacial score (nSPS) is 10.6. The van der Waals surface area contributed by atoms with Crippen molar-refractivity contribution in [2.75, 3.05) is 19.5 Å². The summed E-state index contributed by atoms with van der Waals surface area (Å²) in [5, 5.41) is 4.03. The van der Waals surface area contributed by atoms with Crippen molar-refractivity contribution in [1.82, 2.24) is 24.7 Å². The molecule has 16 heavy (non-hydrogen) atoms. The molecule has 0 aliphatic heterocycles. The smallest absolute Gasteiger partial charge is 0.255 e. The molecule has 0 saturated carbocycles. The third kappa shape index (κ3) is 2.31. The van der Waals surface area contributed by atoms with Crippen LogP contribution in [0.3, 0.4) is 0 Å². The molecule has 0 atom stereocenters. The summed E-state index contributed by atoms with van der Waals surface area (Å²) in [6.45, 7) is 0.544. The largest absolute Gasteiger partial charge is 0.384 e. The summed E-state index contributed by atoms with van der Waals surface area (Å²) in [5.74, 6) is 1.20. The van der Waals surface area contributed by atoms with Gasteiger partial charge in [-0.2, -0.15) is 20.1 Å². The van der Waals surface area contributed by atoms with Gasteiger partial charge in [0.25, 0.3) is 5.95 Å². The fourth-order valence-corrected chi connectivity index (χ4v) is 1.22. The highest BCUT2D eigenvalue weighted by atomic mass is 16.5. The lowest BCUT2D eigenvalue weighted by atomic mass is 10.4. The highest BCUT2D eigenvalue weighted by Gasteiger charge is 2.06. The van der Waals surface area contributed by atoms with E-state index in [9.17, 15) is 0 Å². The summed E-state index contributed by atoms with van der Waals surface area (Å²) >= 11 is 0. The molecule has 0 aromatic carbocycles. The van der Waals surface area contributed by atoms with E-state index in [2.05, 4.69) is 20.1 Å². The van der Waals surface area contributed by atoms with E-state index in [4.69, 9.17) is 10.5 Å². The summed E-state index contributed by atoms with van der Waals surface area (Å²) in [7, 11) is 1.62. The first-order valence-corrected chi connectivity index (χ1v) is 4.79. The summed E-state index contributed by atoms with van der Waals surface area (Å²) in [4.78, 5) is 12.2. The number of hydrogen-bond acceptors (Lipinski definition) is 6. The lowest BCUT2D eigenvalue weighted by molar-refractivity contribution is 0.200. The minimum atomic E-state index is 0.187. The van der Waals surface area contributed by atoms with Crippen molar-refractivity contribution in [2.45, 2.75) is 6.42 Å². The Bertz CT molecular complexity index is 455. The fourth-order valence-electron chi connectivity index (χ4n) is 1.22. The van der Waals surface area contributed by atoms with Gasteiger partial charge in [-0.3, -0.25) is 0 Å². The van der Waals surface area contributed by atoms with Gasteiger partial charge in [-0.1, -0.05) is 0 Å². The molecular formula is C9H12N6O. The van der Waals surface area contributed by atoms with Crippen molar-refractivity contribution in [1.29, 1.82) is 0 Å². The number of rotatable bonds is 4. The number of methoxy groups -OCH3 is 1. The molecule has 7 nitrogen and oxygen atoms in total. The number of nitrogen functional groups attached to an aromatic ring is 1. The van der Waals surface area contributed by atoms with Crippen molar-refractivity contribution in [3.8, 4) is 5.95 Å². The molecule has 0 radical (unpaired) electrons. The topological polar surface area (TPSA) is 91.7 Å². The van der Waals surface area contributed by atoms with E-state index in [1.807, 2.05) is 0 Å². The van der Waals surface area contributed by atoms with Crippen LogP contribution in [-0.4, -0.2) is 38.4 Å². The van der Waals surface area contributed by atoms with Crippen LogP contribution in [0.1, 0.15) is 5.82 Å². The zero-order valence-corrected chi connectivity index (χ0v) is 8.87. The predicted molar refractivity (Wildman–Crippen MR) is 56.9 cm³/mol. The highest BCUT2D eigenvalue weighted by molar-refractivity contribution is 5.22. The van der Waals surface area contributed by atoms with Crippen LogP contribution in [-0.2, 0) is 11.2 Å². The average Bonchev–Trinajstić information content (AvgIpc) is 2.79. The summed E-state index contributed by atoms with van der Waals surface area (Å²) in [6.07, 6.45) is 3.99. The second-order valence-electron chi connectivity index (χ2n) is 3.10. The molecule has 0 bridgehead atoms. The van der Waals surface area contributed by atoms with E-state index in [0.29, 0.717) is 24.8 Å². The van der Waals surface area contributed by atoms with E-state index in [0.717, 1.165) is 0 Å². The Morgan fingerprint density at radius 2 is 2.25 bits per heavy atom. The Kier molecular flexibility index (Phi) is 3.06. The van der Waals surface area contributed by atoms with Gasteiger partial charge >= 0.3 is 0 Å². The maximum absolute atomic E-state index is 5.59. The summed E-state index contributed by atoms with van der Waals surface area (Å²) in [5.41, 5.74) is 5.59. The zero-order chi connectivity index (χ0) is 11.4. The maximum Gasteiger partial charge on any atom is 0.255 e. The maximum atomic E-state index is 5.59. The number of hydrogen-bond donors (Lipinski definition) is 1. The molecule has 0 spiro atoms. The molecule has 84 valence electrons. The predicted octanol–water partition coefficient (Wildman–Crippen LogP) is -0.172. The lowest BCUT2D eigenvalue weighted by Gasteiger charge is -2.03. The molecule has 0 fully saturated rings. The third-order valence-corrected chi connectivity index (χ3v) is 1.93. The Balaban J connectivity index is 2.29. The molecule has 7 heteroatoms. The van der Waals surface area contributed by atoms with Crippen molar-refractivity contribution in [2.24, 2.45) is 0 Å². The molecule has 2 aromatic heterocycles. The zero-order valence-electron chi connectivity index (χ0n) is 8.87. The Hall–Kier alpha value is -2.02. The molecule has 2 heterocycles. The van der Waals surface area contributed by atoms with Gasteiger partial charge in [-0.15, -0.1) is 0 Å². The van der Waals surface area contributed by atoms with Crippen LogP contribution in [0.5, 0.6) is 0 Å². The van der Waals surface area contributed by atoms with Crippen molar-refractivity contribution >= 4 is 5.95 Å². The van der Waals surface area contributed by atoms with Crippen LogP contribution in [0.15, 0.2) is 18.5 Å². The summed E-state index contributed by atoms with van der Waals surface area (Å²) in [6, 6.07) is 1.79. The molecule has 2 rings (SSSR count). The second kappa shape index (κ2) is 4.67. The van der Waals surface area contributed by atoms with E-state index < -0.39 is 0 Å². The van der Waals surface area contributed by atoms with Crippen LogP contribution >= 0.6 is 0 Å². The van der Waals surface area contributed by atoms with Gasteiger partial charge in [0.05, 0.1) is 6.61 Å². The van der Waals surface area contributed by atoms with Crippen LogP contribution in [0.4, 0.5) is 5.95 Å². The van der Waals surface area contributed by atoms with Gasteiger partial charge in [-0.05, 0) is 6.07 Å². The first-order chi connectivity index (χ1) is 7.79. The van der Waals surface area contributed by atoms with Gasteiger partial charge in [0.1, 0.15) is 5.82 Å². The molecule has 0 amide bonds. The minimum absolute atomic E-state index is 0.187. The van der Waals surface area contributed by atoms with E-state index in [1.54, 1.807) is 25.6 Å².